The third-order valence-electron chi connectivity index (χ3n) is 4.23. The van der Waals surface area contributed by atoms with Crippen molar-refractivity contribution in [3.8, 4) is 0 Å². The number of unbranched alkanes of at least 4 members (excludes halogenated alkanes) is 9. The summed E-state index contributed by atoms with van der Waals surface area (Å²) in [5.41, 5.74) is 2.25. The van der Waals surface area contributed by atoms with Gasteiger partial charge in [-0.2, -0.15) is 0 Å². The van der Waals surface area contributed by atoms with E-state index in [4.69, 9.17) is 4.74 Å². The molecule has 0 aliphatic rings. The number of hydrogen-bond acceptors (Lipinski definition) is 2. The molecule has 0 saturated carbocycles. The molecule has 0 radical (unpaired) electrons. The third kappa shape index (κ3) is 11.0. The summed E-state index contributed by atoms with van der Waals surface area (Å²) in [7, 11) is 0. The summed E-state index contributed by atoms with van der Waals surface area (Å²) in [5.74, 6) is -0.107. The molecule has 0 atom stereocenters. The van der Waals surface area contributed by atoms with Gasteiger partial charge in [0, 0.05) is 0 Å². The van der Waals surface area contributed by atoms with Crippen LogP contribution in [0.25, 0.3) is 0 Å². The first-order chi connectivity index (χ1) is 11.2. The van der Waals surface area contributed by atoms with E-state index in [1.807, 2.05) is 31.2 Å². The number of benzene rings is 1. The molecule has 1 aromatic carbocycles. The first-order valence-electron chi connectivity index (χ1n) is 9.43. The fourth-order valence-corrected chi connectivity index (χ4v) is 2.70. The predicted octanol–water partition coefficient (Wildman–Crippen LogP) is 6.00. The van der Waals surface area contributed by atoms with E-state index in [9.17, 15) is 4.79 Å². The van der Waals surface area contributed by atoms with Crippen LogP contribution in [0.3, 0.4) is 0 Å². The standard InChI is InChI=1S/C21H34O2/c1-3-4-5-6-7-8-9-10-11-12-17-23-21(22)18-20-15-13-19(2)14-16-20/h13-16H,3-12,17-18H2,1-2H3. The van der Waals surface area contributed by atoms with E-state index in [1.165, 1.54) is 63.4 Å². The second-order valence-corrected chi connectivity index (χ2v) is 6.56. The van der Waals surface area contributed by atoms with Gasteiger partial charge in [-0.15, -0.1) is 0 Å². The van der Waals surface area contributed by atoms with Crippen LogP contribution in [-0.4, -0.2) is 12.6 Å². The van der Waals surface area contributed by atoms with Crippen molar-refractivity contribution in [3.63, 3.8) is 0 Å². The molecule has 0 bridgehead atoms. The van der Waals surface area contributed by atoms with Crippen LogP contribution in [0, 0.1) is 6.92 Å². The summed E-state index contributed by atoms with van der Waals surface area (Å²) in [5, 5.41) is 0. The van der Waals surface area contributed by atoms with E-state index in [0.29, 0.717) is 13.0 Å². The molecule has 0 spiro atoms. The van der Waals surface area contributed by atoms with E-state index in [0.717, 1.165) is 12.0 Å². The van der Waals surface area contributed by atoms with Gasteiger partial charge in [0.05, 0.1) is 13.0 Å². The summed E-state index contributed by atoms with van der Waals surface area (Å²) >= 11 is 0. The smallest absolute Gasteiger partial charge is 0.310 e. The highest BCUT2D eigenvalue weighted by atomic mass is 16.5. The van der Waals surface area contributed by atoms with Crippen molar-refractivity contribution in [3.05, 3.63) is 35.4 Å². The lowest BCUT2D eigenvalue weighted by atomic mass is 10.1. The Morgan fingerprint density at radius 1 is 0.826 bits per heavy atom. The average molecular weight is 319 g/mol. The quantitative estimate of drug-likeness (QED) is 0.329. The molecule has 0 heterocycles. The molecule has 2 heteroatoms. The van der Waals surface area contributed by atoms with Crippen LogP contribution in [0.4, 0.5) is 0 Å². The number of carbonyl (C=O) groups is 1. The van der Waals surface area contributed by atoms with Crippen molar-refractivity contribution < 1.29 is 9.53 Å². The number of carbonyl (C=O) groups excluding carboxylic acids is 1. The highest BCUT2D eigenvalue weighted by Crippen LogP contribution is 2.10. The molecule has 2 nitrogen and oxygen atoms in total. The fourth-order valence-electron chi connectivity index (χ4n) is 2.70. The van der Waals surface area contributed by atoms with Gasteiger partial charge in [0.1, 0.15) is 0 Å². The van der Waals surface area contributed by atoms with Crippen LogP contribution in [0.2, 0.25) is 0 Å². The van der Waals surface area contributed by atoms with Crippen LogP contribution in [0.15, 0.2) is 24.3 Å². The largest absolute Gasteiger partial charge is 0.465 e. The number of ether oxygens (including phenoxy) is 1. The summed E-state index contributed by atoms with van der Waals surface area (Å²) in [4.78, 5) is 11.7. The molecule has 0 amide bonds. The van der Waals surface area contributed by atoms with Crippen molar-refractivity contribution in [1.82, 2.24) is 0 Å². The summed E-state index contributed by atoms with van der Waals surface area (Å²) in [6.45, 7) is 4.88. The lowest BCUT2D eigenvalue weighted by Crippen LogP contribution is -2.09. The lowest BCUT2D eigenvalue weighted by molar-refractivity contribution is -0.142. The molecule has 0 saturated heterocycles. The molecule has 1 aromatic rings. The van der Waals surface area contributed by atoms with Crippen LogP contribution in [-0.2, 0) is 16.0 Å². The van der Waals surface area contributed by atoms with E-state index < -0.39 is 0 Å². The number of esters is 1. The van der Waals surface area contributed by atoms with Gasteiger partial charge in [-0.1, -0.05) is 94.5 Å². The van der Waals surface area contributed by atoms with Crippen molar-refractivity contribution in [1.29, 1.82) is 0 Å². The minimum atomic E-state index is -0.107. The minimum absolute atomic E-state index is 0.107. The molecular formula is C21H34O2. The third-order valence-corrected chi connectivity index (χ3v) is 4.23. The van der Waals surface area contributed by atoms with Crippen LogP contribution < -0.4 is 0 Å². The maximum Gasteiger partial charge on any atom is 0.310 e. The fraction of sp³-hybridized carbons (Fsp3) is 0.667. The molecule has 0 aromatic heterocycles. The Morgan fingerprint density at radius 2 is 1.35 bits per heavy atom. The first kappa shape index (κ1) is 19.7. The van der Waals surface area contributed by atoms with E-state index in [-0.39, 0.29) is 5.97 Å². The van der Waals surface area contributed by atoms with Crippen molar-refractivity contribution in [2.45, 2.75) is 84.5 Å². The van der Waals surface area contributed by atoms with Gasteiger partial charge in [-0.3, -0.25) is 4.79 Å². The molecule has 0 fully saturated rings. The zero-order valence-corrected chi connectivity index (χ0v) is 15.1. The average Bonchev–Trinajstić information content (AvgIpc) is 2.55. The molecule has 0 unspecified atom stereocenters. The predicted molar refractivity (Wildman–Crippen MR) is 97.7 cm³/mol. The number of rotatable bonds is 13. The first-order valence-corrected chi connectivity index (χ1v) is 9.43. The zero-order valence-electron chi connectivity index (χ0n) is 15.1. The molecule has 0 aliphatic carbocycles. The topological polar surface area (TPSA) is 26.3 Å². The van der Waals surface area contributed by atoms with E-state index in [1.54, 1.807) is 0 Å². The lowest BCUT2D eigenvalue weighted by Gasteiger charge is -2.05. The second kappa shape index (κ2) is 13.2. The summed E-state index contributed by atoms with van der Waals surface area (Å²) in [6.07, 6.45) is 13.4. The van der Waals surface area contributed by atoms with Gasteiger partial charge in [-0.25, -0.2) is 0 Å². The van der Waals surface area contributed by atoms with E-state index >= 15 is 0 Å². The molecule has 130 valence electrons. The SMILES string of the molecule is CCCCCCCCCCCCOC(=O)Cc1ccc(C)cc1. The number of aryl methyl sites for hydroxylation is 1. The Morgan fingerprint density at radius 3 is 1.91 bits per heavy atom. The Bertz CT molecular complexity index is 408. The van der Waals surface area contributed by atoms with Crippen LogP contribution in [0.1, 0.15) is 82.3 Å². The monoisotopic (exact) mass is 318 g/mol. The van der Waals surface area contributed by atoms with Gasteiger partial charge in [0.25, 0.3) is 0 Å². The van der Waals surface area contributed by atoms with Gasteiger partial charge in [0.2, 0.25) is 0 Å². The van der Waals surface area contributed by atoms with Crippen molar-refractivity contribution in [2.24, 2.45) is 0 Å². The van der Waals surface area contributed by atoms with Crippen molar-refractivity contribution >= 4 is 5.97 Å². The zero-order chi connectivity index (χ0) is 16.8. The maximum absolute atomic E-state index is 11.7. The molecule has 1 rings (SSSR count). The van der Waals surface area contributed by atoms with Gasteiger partial charge >= 0.3 is 5.97 Å². The Labute approximate surface area is 142 Å². The maximum atomic E-state index is 11.7. The molecule has 0 aliphatic heterocycles. The Hall–Kier alpha value is -1.31. The van der Waals surface area contributed by atoms with Gasteiger partial charge < -0.3 is 4.74 Å². The minimum Gasteiger partial charge on any atom is -0.465 e. The summed E-state index contributed by atoms with van der Waals surface area (Å²) < 4.78 is 5.31. The second-order valence-electron chi connectivity index (χ2n) is 6.56. The Balaban J connectivity index is 1.90. The van der Waals surface area contributed by atoms with Crippen LogP contribution >= 0.6 is 0 Å². The normalized spacial score (nSPS) is 10.7. The molecular weight excluding hydrogens is 284 g/mol. The Kier molecular flexibility index (Phi) is 11.3. The summed E-state index contributed by atoms with van der Waals surface area (Å²) in [6, 6.07) is 8.06. The van der Waals surface area contributed by atoms with Crippen LogP contribution in [0.5, 0.6) is 0 Å². The van der Waals surface area contributed by atoms with Crippen molar-refractivity contribution in [2.75, 3.05) is 6.61 Å². The highest BCUT2D eigenvalue weighted by molar-refractivity contribution is 5.72. The van der Waals surface area contributed by atoms with E-state index in [2.05, 4.69) is 6.92 Å². The highest BCUT2D eigenvalue weighted by Gasteiger charge is 2.04. The molecule has 0 N–H and O–H groups in total. The van der Waals surface area contributed by atoms with Gasteiger partial charge in [0.15, 0.2) is 0 Å². The number of hydrogen-bond donors (Lipinski definition) is 0. The van der Waals surface area contributed by atoms with Gasteiger partial charge in [-0.05, 0) is 18.9 Å². The molecule has 23 heavy (non-hydrogen) atoms.